The lowest BCUT2D eigenvalue weighted by molar-refractivity contribution is 0.0206. The second kappa shape index (κ2) is 14.5. The Balaban J connectivity index is 1.50. The summed E-state index contributed by atoms with van der Waals surface area (Å²) in [4.78, 5) is 24.8. The number of aliphatic hydroxyl groups excluding tert-OH is 1. The molecule has 4 aromatic carbocycles. The number of benzene rings is 4. The summed E-state index contributed by atoms with van der Waals surface area (Å²) in [6.07, 6.45) is -1.72. The number of rotatable bonds is 13. The summed E-state index contributed by atoms with van der Waals surface area (Å²) < 4.78 is 127. The number of aromatic hydroxyl groups is 1. The minimum Gasteiger partial charge on any atom is -0.505 e. The molecule has 0 saturated heterocycles. The molecule has 1 aliphatic heterocycles. The van der Waals surface area contributed by atoms with Gasteiger partial charge in [0.2, 0.25) is 0 Å². The van der Waals surface area contributed by atoms with Gasteiger partial charge in [-0.1, -0.05) is 18.2 Å². The van der Waals surface area contributed by atoms with E-state index >= 15 is 0 Å². The molecule has 0 aromatic heterocycles. The van der Waals surface area contributed by atoms with Crippen molar-refractivity contribution in [3.8, 4) is 5.75 Å². The molecular weight excluding hydrogens is 789 g/mol. The van der Waals surface area contributed by atoms with Gasteiger partial charge in [-0.15, -0.1) is 5.11 Å². The number of hydrogen-bond donors (Lipinski definition) is 6. The van der Waals surface area contributed by atoms with Crippen molar-refractivity contribution in [3.63, 3.8) is 0 Å². The number of anilines is 1. The van der Waals surface area contributed by atoms with Gasteiger partial charge >= 0.3 is 10.4 Å². The zero-order chi connectivity index (χ0) is 39.1. The van der Waals surface area contributed by atoms with E-state index in [0.717, 1.165) is 23.1 Å². The van der Waals surface area contributed by atoms with E-state index < -0.39 is 110 Å². The van der Waals surface area contributed by atoms with E-state index in [-0.39, 0.29) is 33.2 Å². The molecule has 0 spiro atoms. The van der Waals surface area contributed by atoms with E-state index in [4.69, 9.17) is 4.55 Å². The third-order valence-electron chi connectivity index (χ3n) is 7.62. The summed E-state index contributed by atoms with van der Waals surface area (Å²) in [5, 5.41) is 31.4. The fraction of sp³-hybridized carbons (Fsp3) is 0.172. The number of azo groups is 1. The number of carbonyl (C=O) groups is 2. The van der Waals surface area contributed by atoms with Crippen LogP contribution < -0.4 is 5.32 Å². The summed E-state index contributed by atoms with van der Waals surface area (Å²) in [7, 11) is -19.1. The predicted molar refractivity (Wildman–Crippen MR) is 182 cm³/mol. The number of nitrogens with one attached hydrogen (secondary N) is 1. The normalized spacial score (nSPS) is 15.3. The first-order valence-corrected chi connectivity index (χ1v) is 20.6. The Morgan fingerprint density at radius 3 is 2.15 bits per heavy atom. The van der Waals surface area contributed by atoms with Crippen LogP contribution in [0, 0.1) is 0 Å². The Morgan fingerprint density at radius 2 is 1.53 bits per heavy atom. The first kappa shape index (κ1) is 39.3. The second-order valence-electron chi connectivity index (χ2n) is 11.2. The molecule has 0 fully saturated rings. The molecule has 1 unspecified atom stereocenters. The third-order valence-corrected chi connectivity index (χ3v) is 11.4. The molecule has 0 saturated carbocycles. The van der Waals surface area contributed by atoms with Crippen molar-refractivity contribution in [1.29, 1.82) is 0 Å². The summed E-state index contributed by atoms with van der Waals surface area (Å²) in [5.74, 6) is -4.18. The average molecular weight is 815 g/mol. The fourth-order valence-electron chi connectivity index (χ4n) is 5.18. The van der Waals surface area contributed by atoms with Gasteiger partial charge in [-0.05, 0) is 53.9 Å². The second-order valence-corrected chi connectivity index (χ2v) is 17.4. The topological polar surface area (TPSA) is 321 Å². The smallest absolute Gasteiger partial charge is 0.397 e. The lowest BCUT2D eigenvalue weighted by Crippen LogP contribution is -2.33. The lowest BCUT2D eigenvalue weighted by atomic mass is 10.1. The van der Waals surface area contributed by atoms with Crippen LogP contribution in [0.2, 0.25) is 0 Å². The third kappa shape index (κ3) is 9.00. The van der Waals surface area contributed by atoms with Gasteiger partial charge in [0, 0.05) is 28.6 Å². The zero-order valence-electron chi connectivity index (χ0n) is 26.5. The van der Waals surface area contributed by atoms with Crippen molar-refractivity contribution in [2.24, 2.45) is 10.2 Å². The summed E-state index contributed by atoms with van der Waals surface area (Å²) in [5.41, 5.74) is -1.55. The van der Waals surface area contributed by atoms with Crippen LogP contribution in [-0.4, -0.2) is 98.9 Å². The Kier molecular flexibility index (Phi) is 10.7. The number of phenolic OH excluding ortho intramolecular Hbond substituents is 1. The van der Waals surface area contributed by atoms with Crippen LogP contribution in [0.3, 0.4) is 0 Å². The molecule has 0 bridgehead atoms. The predicted octanol–water partition coefficient (Wildman–Crippen LogP) is 2.39. The van der Waals surface area contributed by atoms with Gasteiger partial charge in [-0.2, -0.15) is 30.4 Å². The monoisotopic (exact) mass is 814 g/mol. The van der Waals surface area contributed by atoms with Crippen LogP contribution in [0.25, 0.3) is 10.8 Å². The van der Waals surface area contributed by atoms with Crippen LogP contribution in [0.1, 0.15) is 32.5 Å². The van der Waals surface area contributed by atoms with E-state index in [1.807, 2.05) is 0 Å². The Labute approximate surface area is 300 Å². The van der Waals surface area contributed by atoms with E-state index in [1.165, 1.54) is 36.4 Å². The highest BCUT2D eigenvalue weighted by Crippen LogP contribution is 2.45. The van der Waals surface area contributed by atoms with E-state index in [1.54, 1.807) is 6.07 Å². The molecule has 1 aliphatic rings. The molecule has 282 valence electrons. The summed E-state index contributed by atoms with van der Waals surface area (Å²) >= 11 is 0. The molecule has 4 aromatic rings. The van der Waals surface area contributed by atoms with Gasteiger partial charge in [0.25, 0.3) is 32.1 Å². The number of nitrogens with zero attached hydrogens (tertiary/aromatic N) is 3. The maximum Gasteiger partial charge on any atom is 0.397 e. The Morgan fingerprint density at radius 1 is 0.849 bits per heavy atom. The van der Waals surface area contributed by atoms with Crippen molar-refractivity contribution in [1.82, 2.24) is 4.90 Å². The highest BCUT2D eigenvalue weighted by molar-refractivity contribution is 7.91. The summed E-state index contributed by atoms with van der Waals surface area (Å²) in [6.45, 7) is -1.45. The maximum absolute atomic E-state index is 13.0. The van der Waals surface area contributed by atoms with Crippen LogP contribution in [0.15, 0.2) is 86.7 Å². The number of phenols is 1. The van der Waals surface area contributed by atoms with Gasteiger partial charge in [0.15, 0.2) is 21.8 Å². The van der Waals surface area contributed by atoms with Crippen molar-refractivity contribution in [2.75, 3.05) is 30.0 Å². The average Bonchev–Trinajstić information content (AvgIpc) is 3.29. The number of aliphatic hydroxyl groups is 1. The van der Waals surface area contributed by atoms with Crippen molar-refractivity contribution in [2.45, 2.75) is 16.0 Å². The number of sulfone groups is 1. The van der Waals surface area contributed by atoms with E-state index in [0.29, 0.717) is 6.07 Å². The molecule has 6 N–H and O–H groups in total. The van der Waals surface area contributed by atoms with Crippen LogP contribution in [0.4, 0.5) is 17.1 Å². The van der Waals surface area contributed by atoms with Gasteiger partial charge in [-0.3, -0.25) is 23.2 Å². The van der Waals surface area contributed by atoms with Crippen molar-refractivity contribution < 1.29 is 71.3 Å². The molecule has 24 heteroatoms. The number of fused-ring (bicyclic) bond motifs is 2. The van der Waals surface area contributed by atoms with E-state index in [2.05, 4.69) is 19.7 Å². The largest absolute Gasteiger partial charge is 0.505 e. The molecule has 20 nitrogen and oxygen atoms in total. The molecule has 1 atom stereocenters. The molecule has 0 aliphatic carbocycles. The summed E-state index contributed by atoms with van der Waals surface area (Å²) in [6, 6.07) is 13.3. The number of carbonyl (C=O) groups excluding carboxylic acids is 2. The van der Waals surface area contributed by atoms with Crippen LogP contribution >= 0.6 is 0 Å². The highest BCUT2D eigenvalue weighted by Gasteiger charge is 2.36. The maximum atomic E-state index is 13.0. The first-order valence-electron chi connectivity index (χ1n) is 14.6. The minimum atomic E-state index is -5.25. The van der Waals surface area contributed by atoms with E-state index in [9.17, 15) is 62.6 Å². The SMILES string of the molecule is O=C(Nc1cc(S(=O)(=O)O)cc2cc(S(=O)(=O)O)c(N=Nc3ccc4c(c3)C(O)N(CCS(=O)(=O)CCOS(=O)(=O)O)C4=O)c(O)c12)c1ccccc1. The van der Waals surface area contributed by atoms with Gasteiger partial charge in [0.1, 0.15) is 10.6 Å². The minimum absolute atomic E-state index is 0.0795. The Bertz CT molecular complexity index is 2630. The molecule has 2 amide bonds. The Hall–Kier alpha value is -4.92. The van der Waals surface area contributed by atoms with Crippen LogP contribution in [-0.2, 0) is 44.7 Å². The molecular formula is C29H26N4O16S4. The lowest BCUT2D eigenvalue weighted by Gasteiger charge is -2.20. The zero-order valence-corrected chi connectivity index (χ0v) is 29.7. The quantitative estimate of drug-likeness (QED) is 0.0833. The molecule has 5 rings (SSSR count). The van der Waals surface area contributed by atoms with Gasteiger partial charge in [0.05, 0.1) is 34.4 Å². The standard InChI is InChI=1S/C29H26N4O16S4/c34-26-24-17(12-19(51(40,41)42)15-22(24)30-27(35)16-4-2-1-3-5-16)13-23(52(43,44)45)25(26)32-31-18-6-7-20-21(14-18)29(37)33(28(20)36)8-10-50(38,39)11-9-49-53(46,47)48/h1-7,12-15,29,34,37H,8-11H2,(H,30,35)(H,40,41,42)(H,43,44,45)(H,46,47,48). The highest BCUT2D eigenvalue weighted by atomic mass is 32.3. The van der Waals surface area contributed by atoms with Gasteiger partial charge in [-0.25, -0.2) is 12.6 Å². The van der Waals surface area contributed by atoms with Crippen molar-refractivity contribution >= 4 is 80.1 Å². The van der Waals surface area contributed by atoms with Crippen LogP contribution in [0.5, 0.6) is 5.75 Å². The molecule has 1 heterocycles. The fourth-order valence-corrected chi connectivity index (χ4v) is 7.79. The van der Waals surface area contributed by atoms with Crippen molar-refractivity contribution in [3.05, 3.63) is 83.4 Å². The molecule has 53 heavy (non-hydrogen) atoms. The number of amides is 2. The first-order chi connectivity index (χ1) is 24.6. The van der Waals surface area contributed by atoms with Gasteiger partial charge < -0.3 is 20.4 Å². The molecule has 0 radical (unpaired) electrons. The number of hydrogen-bond acceptors (Lipinski definition) is 15.